The Morgan fingerprint density at radius 1 is 1.40 bits per heavy atom. The molecule has 3 nitrogen and oxygen atoms in total. The standard InChI is InChI=1S/C11H11BrN2O/c12-6-1-4-8-9(5-6)14-11(15)10(8)13-7-2-3-7/h1,4-5,7,10,13H,2-3H2,(H,14,15). The maximum absolute atomic E-state index is 11.7. The molecule has 0 radical (unpaired) electrons. The van der Waals surface area contributed by atoms with Crippen LogP contribution in [0.15, 0.2) is 22.7 Å². The van der Waals surface area contributed by atoms with E-state index in [1.54, 1.807) is 0 Å². The third-order valence-corrected chi connectivity index (χ3v) is 3.32. The van der Waals surface area contributed by atoms with Gasteiger partial charge in [0.25, 0.3) is 0 Å². The van der Waals surface area contributed by atoms with E-state index in [0.717, 1.165) is 15.7 Å². The molecule has 0 saturated heterocycles. The van der Waals surface area contributed by atoms with Crippen LogP contribution in [0.5, 0.6) is 0 Å². The van der Waals surface area contributed by atoms with E-state index in [0.29, 0.717) is 6.04 Å². The number of amides is 1. The van der Waals surface area contributed by atoms with Gasteiger partial charge in [0.1, 0.15) is 6.04 Å². The fraction of sp³-hybridized carbons (Fsp3) is 0.364. The molecule has 2 aliphatic rings. The van der Waals surface area contributed by atoms with Gasteiger partial charge in [0, 0.05) is 21.8 Å². The zero-order valence-electron chi connectivity index (χ0n) is 8.09. The number of carbonyl (C=O) groups is 1. The van der Waals surface area contributed by atoms with Gasteiger partial charge in [-0.25, -0.2) is 0 Å². The summed E-state index contributed by atoms with van der Waals surface area (Å²) in [7, 11) is 0. The lowest BCUT2D eigenvalue weighted by Gasteiger charge is -2.09. The first kappa shape index (κ1) is 9.36. The third kappa shape index (κ3) is 1.68. The lowest BCUT2D eigenvalue weighted by atomic mass is 10.1. The van der Waals surface area contributed by atoms with Gasteiger partial charge in [0.2, 0.25) is 5.91 Å². The van der Waals surface area contributed by atoms with E-state index in [4.69, 9.17) is 0 Å². The van der Waals surface area contributed by atoms with Crippen molar-refractivity contribution >= 4 is 27.5 Å². The van der Waals surface area contributed by atoms with E-state index in [1.165, 1.54) is 12.8 Å². The van der Waals surface area contributed by atoms with Gasteiger partial charge in [-0.1, -0.05) is 22.0 Å². The van der Waals surface area contributed by atoms with Crippen LogP contribution >= 0.6 is 15.9 Å². The summed E-state index contributed by atoms with van der Waals surface area (Å²) in [4.78, 5) is 11.7. The first-order valence-corrected chi connectivity index (χ1v) is 5.90. The van der Waals surface area contributed by atoms with Gasteiger partial charge >= 0.3 is 0 Å². The van der Waals surface area contributed by atoms with Crippen LogP contribution in [0.2, 0.25) is 0 Å². The predicted octanol–water partition coefficient (Wildman–Crippen LogP) is 2.19. The highest BCUT2D eigenvalue weighted by atomic mass is 79.9. The number of carbonyl (C=O) groups excluding carboxylic acids is 1. The van der Waals surface area contributed by atoms with Crippen molar-refractivity contribution in [2.24, 2.45) is 0 Å². The van der Waals surface area contributed by atoms with Gasteiger partial charge in [0.15, 0.2) is 0 Å². The molecule has 1 fully saturated rings. The van der Waals surface area contributed by atoms with Crippen molar-refractivity contribution in [2.75, 3.05) is 5.32 Å². The van der Waals surface area contributed by atoms with Crippen LogP contribution in [-0.4, -0.2) is 11.9 Å². The molecule has 1 aliphatic heterocycles. The Bertz CT molecular complexity index is 429. The van der Waals surface area contributed by atoms with Gasteiger partial charge < -0.3 is 5.32 Å². The minimum atomic E-state index is -0.152. The SMILES string of the molecule is O=C1Nc2cc(Br)ccc2C1NC1CC1. The molecule has 1 aliphatic carbocycles. The van der Waals surface area contributed by atoms with Crippen LogP contribution in [0.1, 0.15) is 24.4 Å². The van der Waals surface area contributed by atoms with Gasteiger partial charge in [-0.3, -0.25) is 10.1 Å². The molecule has 15 heavy (non-hydrogen) atoms. The Morgan fingerprint density at radius 2 is 2.20 bits per heavy atom. The second-order valence-corrected chi connectivity index (χ2v) is 5.01. The maximum Gasteiger partial charge on any atom is 0.246 e. The second kappa shape index (κ2) is 3.32. The number of hydrogen-bond donors (Lipinski definition) is 2. The number of rotatable bonds is 2. The average Bonchev–Trinajstić information content (AvgIpc) is 2.93. The monoisotopic (exact) mass is 266 g/mol. The summed E-state index contributed by atoms with van der Waals surface area (Å²) in [6.07, 6.45) is 2.38. The molecule has 2 N–H and O–H groups in total. The van der Waals surface area contributed by atoms with E-state index in [2.05, 4.69) is 26.6 Å². The van der Waals surface area contributed by atoms with Crippen molar-refractivity contribution < 1.29 is 4.79 Å². The van der Waals surface area contributed by atoms with Crippen molar-refractivity contribution in [2.45, 2.75) is 24.9 Å². The minimum Gasteiger partial charge on any atom is -0.324 e. The van der Waals surface area contributed by atoms with Gasteiger partial charge in [0.05, 0.1) is 0 Å². The van der Waals surface area contributed by atoms with Crippen molar-refractivity contribution in [3.63, 3.8) is 0 Å². The molecule has 1 saturated carbocycles. The normalized spacial score (nSPS) is 23.8. The molecule has 3 rings (SSSR count). The van der Waals surface area contributed by atoms with Crippen LogP contribution in [0.4, 0.5) is 5.69 Å². The van der Waals surface area contributed by atoms with E-state index in [9.17, 15) is 4.79 Å². The average molecular weight is 267 g/mol. The molecule has 1 aromatic carbocycles. The number of anilines is 1. The van der Waals surface area contributed by atoms with Crippen molar-refractivity contribution in [1.82, 2.24) is 5.32 Å². The zero-order valence-corrected chi connectivity index (χ0v) is 9.67. The van der Waals surface area contributed by atoms with E-state index in [-0.39, 0.29) is 11.9 Å². The summed E-state index contributed by atoms with van der Waals surface area (Å²) in [6, 6.07) is 6.30. The van der Waals surface area contributed by atoms with Crippen LogP contribution in [0.25, 0.3) is 0 Å². The van der Waals surface area contributed by atoms with Crippen molar-refractivity contribution in [3.8, 4) is 0 Å². The third-order valence-electron chi connectivity index (χ3n) is 2.83. The fourth-order valence-corrected chi connectivity index (χ4v) is 2.25. The quantitative estimate of drug-likeness (QED) is 0.862. The number of fused-ring (bicyclic) bond motifs is 1. The molecule has 1 amide bonds. The number of hydrogen-bond acceptors (Lipinski definition) is 2. The topological polar surface area (TPSA) is 41.1 Å². The maximum atomic E-state index is 11.7. The highest BCUT2D eigenvalue weighted by molar-refractivity contribution is 9.10. The Kier molecular flexibility index (Phi) is 2.07. The number of benzene rings is 1. The first-order chi connectivity index (χ1) is 7.24. The highest BCUT2D eigenvalue weighted by Crippen LogP contribution is 2.35. The largest absolute Gasteiger partial charge is 0.324 e. The molecule has 1 heterocycles. The predicted molar refractivity (Wildman–Crippen MR) is 61.7 cm³/mol. The zero-order chi connectivity index (χ0) is 10.4. The summed E-state index contributed by atoms with van der Waals surface area (Å²) in [5, 5.41) is 6.24. The van der Waals surface area contributed by atoms with Crippen LogP contribution in [0.3, 0.4) is 0 Å². The summed E-state index contributed by atoms with van der Waals surface area (Å²) in [6.45, 7) is 0. The highest BCUT2D eigenvalue weighted by Gasteiger charge is 2.34. The molecular weight excluding hydrogens is 256 g/mol. The van der Waals surface area contributed by atoms with Crippen LogP contribution in [0, 0.1) is 0 Å². The Morgan fingerprint density at radius 3 is 2.93 bits per heavy atom. The molecule has 1 atom stereocenters. The van der Waals surface area contributed by atoms with Gasteiger partial charge in [-0.05, 0) is 25.0 Å². The molecule has 4 heteroatoms. The summed E-state index contributed by atoms with van der Waals surface area (Å²) in [5.41, 5.74) is 1.99. The van der Waals surface area contributed by atoms with Gasteiger partial charge in [-0.2, -0.15) is 0 Å². The van der Waals surface area contributed by atoms with Crippen LogP contribution in [-0.2, 0) is 4.79 Å². The number of halogens is 1. The summed E-state index contributed by atoms with van der Waals surface area (Å²) < 4.78 is 0.994. The Labute approximate surface area is 96.4 Å². The lowest BCUT2D eigenvalue weighted by molar-refractivity contribution is -0.117. The van der Waals surface area contributed by atoms with Gasteiger partial charge in [-0.15, -0.1) is 0 Å². The molecule has 1 unspecified atom stereocenters. The smallest absolute Gasteiger partial charge is 0.246 e. The van der Waals surface area contributed by atoms with E-state index < -0.39 is 0 Å². The summed E-state index contributed by atoms with van der Waals surface area (Å²) >= 11 is 3.40. The first-order valence-electron chi connectivity index (χ1n) is 5.10. The fourth-order valence-electron chi connectivity index (χ4n) is 1.89. The van der Waals surface area contributed by atoms with Crippen molar-refractivity contribution in [3.05, 3.63) is 28.2 Å². The molecule has 0 spiro atoms. The molecule has 1 aromatic rings. The number of nitrogens with one attached hydrogen (secondary N) is 2. The molecule has 0 aromatic heterocycles. The van der Waals surface area contributed by atoms with E-state index in [1.807, 2.05) is 18.2 Å². The van der Waals surface area contributed by atoms with Crippen LogP contribution < -0.4 is 10.6 Å². The minimum absolute atomic E-state index is 0.0648. The van der Waals surface area contributed by atoms with E-state index >= 15 is 0 Å². The molecule has 78 valence electrons. The second-order valence-electron chi connectivity index (χ2n) is 4.09. The molecule has 0 bridgehead atoms. The Hall–Kier alpha value is -0.870. The summed E-state index contributed by atoms with van der Waals surface area (Å²) in [5.74, 6) is 0.0648. The molecular formula is C11H11BrN2O. The Balaban J connectivity index is 1.93. The van der Waals surface area contributed by atoms with Crippen molar-refractivity contribution in [1.29, 1.82) is 0 Å². The lowest BCUT2D eigenvalue weighted by Crippen LogP contribution is -2.29.